The van der Waals surface area contributed by atoms with Gasteiger partial charge in [0.15, 0.2) is 5.78 Å². The zero-order valence-corrected chi connectivity index (χ0v) is 9.78. The summed E-state index contributed by atoms with van der Waals surface area (Å²) in [5, 5.41) is 11.3. The Morgan fingerprint density at radius 3 is 2.41 bits per heavy atom. The van der Waals surface area contributed by atoms with Crippen molar-refractivity contribution >= 4 is 24.4 Å². The monoisotopic (exact) mass is 257 g/mol. The molecule has 2 N–H and O–H groups in total. The van der Waals surface area contributed by atoms with Crippen LogP contribution in [0, 0.1) is 5.82 Å². The Bertz CT molecular complexity index is 408. The Balaban J connectivity index is 2.55. The van der Waals surface area contributed by atoms with Gasteiger partial charge in [0, 0.05) is 11.3 Å². The summed E-state index contributed by atoms with van der Waals surface area (Å²) in [6.07, 6.45) is 0. The molecule has 0 aromatic heterocycles. The number of hydrogen-bond donors (Lipinski definition) is 3. The number of thiol groups is 1. The normalized spacial score (nSPS) is 12.1. The minimum absolute atomic E-state index is 0.0893. The summed E-state index contributed by atoms with van der Waals surface area (Å²) in [4.78, 5) is 22.2. The van der Waals surface area contributed by atoms with E-state index in [0.717, 1.165) is 0 Å². The molecule has 0 heterocycles. The lowest BCUT2D eigenvalue weighted by Crippen LogP contribution is -2.41. The molecule has 1 aromatic rings. The van der Waals surface area contributed by atoms with Crippen LogP contribution in [0.25, 0.3) is 0 Å². The topological polar surface area (TPSA) is 66.4 Å². The van der Waals surface area contributed by atoms with Crippen molar-refractivity contribution < 1.29 is 19.1 Å². The zero-order valence-electron chi connectivity index (χ0n) is 8.89. The molecule has 1 aromatic carbocycles. The van der Waals surface area contributed by atoms with Crippen molar-refractivity contribution in [3.63, 3.8) is 0 Å². The molecule has 0 fully saturated rings. The standard InChI is InChI=1S/C11H12FNO3S/c12-8-3-1-7(2-4-8)10(14)5-13-9(6-17)11(15)16/h1-4,9,13,17H,5-6H2,(H,15,16). The van der Waals surface area contributed by atoms with E-state index in [1.165, 1.54) is 24.3 Å². The maximum absolute atomic E-state index is 12.6. The number of halogens is 1. The lowest BCUT2D eigenvalue weighted by Gasteiger charge is -2.10. The van der Waals surface area contributed by atoms with Crippen LogP contribution in [0.4, 0.5) is 4.39 Å². The molecule has 0 saturated heterocycles. The fourth-order valence-corrected chi connectivity index (χ4v) is 1.47. The average molecular weight is 257 g/mol. The minimum Gasteiger partial charge on any atom is -0.480 e. The maximum atomic E-state index is 12.6. The number of aliphatic carboxylic acids is 1. The Hall–Kier alpha value is -1.40. The Kier molecular flexibility index (Phi) is 5.11. The van der Waals surface area contributed by atoms with Crippen molar-refractivity contribution in [2.24, 2.45) is 0 Å². The van der Waals surface area contributed by atoms with E-state index in [4.69, 9.17) is 5.11 Å². The number of nitrogens with one attached hydrogen (secondary N) is 1. The highest BCUT2D eigenvalue weighted by molar-refractivity contribution is 7.80. The summed E-state index contributed by atoms with van der Waals surface area (Å²) < 4.78 is 12.6. The molecular weight excluding hydrogens is 245 g/mol. The van der Waals surface area contributed by atoms with E-state index >= 15 is 0 Å². The third kappa shape index (κ3) is 4.16. The molecule has 0 aliphatic heterocycles. The van der Waals surface area contributed by atoms with E-state index in [0.29, 0.717) is 5.56 Å². The Morgan fingerprint density at radius 1 is 1.35 bits per heavy atom. The molecule has 0 aliphatic carbocycles. The van der Waals surface area contributed by atoms with Gasteiger partial charge >= 0.3 is 5.97 Å². The second kappa shape index (κ2) is 6.36. The van der Waals surface area contributed by atoms with Gasteiger partial charge in [-0.1, -0.05) is 0 Å². The number of carbonyl (C=O) groups is 2. The molecular formula is C11H12FNO3S. The van der Waals surface area contributed by atoms with Gasteiger partial charge in [0.25, 0.3) is 0 Å². The highest BCUT2D eigenvalue weighted by Crippen LogP contribution is 2.03. The van der Waals surface area contributed by atoms with Crippen molar-refractivity contribution in [1.82, 2.24) is 5.32 Å². The first-order valence-electron chi connectivity index (χ1n) is 4.90. The first kappa shape index (κ1) is 13.7. The number of benzene rings is 1. The largest absolute Gasteiger partial charge is 0.480 e. The highest BCUT2D eigenvalue weighted by atomic mass is 32.1. The van der Waals surface area contributed by atoms with Gasteiger partial charge in [-0.15, -0.1) is 0 Å². The average Bonchev–Trinajstić information content (AvgIpc) is 2.30. The number of ketones is 1. The van der Waals surface area contributed by atoms with E-state index in [1.54, 1.807) is 0 Å². The van der Waals surface area contributed by atoms with Gasteiger partial charge < -0.3 is 5.11 Å². The van der Waals surface area contributed by atoms with Gasteiger partial charge in [0.05, 0.1) is 6.54 Å². The third-order valence-electron chi connectivity index (χ3n) is 2.16. The van der Waals surface area contributed by atoms with Gasteiger partial charge in [0.2, 0.25) is 0 Å². The van der Waals surface area contributed by atoms with Crippen LogP contribution in [0.5, 0.6) is 0 Å². The fourth-order valence-electron chi connectivity index (χ4n) is 1.18. The SMILES string of the molecule is O=C(CNC(CS)C(=O)O)c1ccc(F)cc1. The molecule has 4 nitrogen and oxygen atoms in total. The summed E-state index contributed by atoms with van der Waals surface area (Å²) in [6, 6.07) is 4.20. The van der Waals surface area contributed by atoms with Crippen molar-refractivity contribution in [3.8, 4) is 0 Å². The molecule has 1 atom stereocenters. The Labute approximate surface area is 103 Å². The smallest absolute Gasteiger partial charge is 0.321 e. The van der Waals surface area contributed by atoms with Crippen LogP contribution in [0.2, 0.25) is 0 Å². The van der Waals surface area contributed by atoms with Crippen LogP contribution in [0.15, 0.2) is 24.3 Å². The molecule has 1 unspecified atom stereocenters. The number of Topliss-reactive ketones (excluding diaryl/α,β-unsaturated/α-hetero) is 1. The molecule has 0 spiro atoms. The molecule has 17 heavy (non-hydrogen) atoms. The van der Waals surface area contributed by atoms with Crippen molar-refractivity contribution in [2.75, 3.05) is 12.3 Å². The first-order chi connectivity index (χ1) is 8.04. The zero-order chi connectivity index (χ0) is 12.8. The quantitative estimate of drug-likeness (QED) is 0.525. The van der Waals surface area contributed by atoms with Crippen molar-refractivity contribution in [3.05, 3.63) is 35.6 Å². The summed E-state index contributed by atoms with van der Waals surface area (Å²) >= 11 is 3.85. The van der Waals surface area contributed by atoms with Crippen molar-refractivity contribution in [1.29, 1.82) is 0 Å². The molecule has 0 amide bonds. The molecule has 0 aliphatic rings. The summed E-state index contributed by atoms with van der Waals surface area (Å²) in [7, 11) is 0. The summed E-state index contributed by atoms with van der Waals surface area (Å²) in [6.45, 7) is -0.122. The maximum Gasteiger partial charge on any atom is 0.321 e. The predicted molar refractivity (Wildman–Crippen MR) is 64.0 cm³/mol. The third-order valence-corrected chi connectivity index (χ3v) is 2.52. The van der Waals surface area contributed by atoms with Crippen LogP contribution in [-0.2, 0) is 4.79 Å². The van der Waals surface area contributed by atoms with E-state index in [1.807, 2.05) is 0 Å². The van der Waals surface area contributed by atoms with Crippen LogP contribution < -0.4 is 5.32 Å². The van der Waals surface area contributed by atoms with Crippen molar-refractivity contribution in [2.45, 2.75) is 6.04 Å². The predicted octanol–water partition coefficient (Wildman–Crippen LogP) is 0.981. The second-order valence-electron chi connectivity index (χ2n) is 3.38. The number of rotatable bonds is 6. The van der Waals surface area contributed by atoms with E-state index in [-0.39, 0.29) is 18.1 Å². The fraction of sp³-hybridized carbons (Fsp3) is 0.273. The lowest BCUT2D eigenvalue weighted by molar-refractivity contribution is -0.138. The van der Waals surface area contributed by atoms with Gasteiger partial charge in [-0.2, -0.15) is 12.6 Å². The number of carboxylic acid groups (broad SMARTS) is 1. The van der Waals surface area contributed by atoms with Gasteiger partial charge in [0.1, 0.15) is 11.9 Å². The number of carboxylic acids is 1. The van der Waals surface area contributed by atoms with Crippen LogP contribution in [0.1, 0.15) is 10.4 Å². The van der Waals surface area contributed by atoms with Gasteiger partial charge in [-0.3, -0.25) is 14.9 Å². The van der Waals surface area contributed by atoms with Gasteiger partial charge in [-0.25, -0.2) is 4.39 Å². The molecule has 1 rings (SSSR count). The molecule has 0 radical (unpaired) electrons. The molecule has 0 bridgehead atoms. The highest BCUT2D eigenvalue weighted by Gasteiger charge is 2.16. The number of carbonyl (C=O) groups excluding carboxylic acids is 1. The number of hydrogen-bond acceptors (Lipinski definition) is 4. The molecule has 0 saturated carbocycles. The van der Waals surface area contributed by atoms with E-state index < -0.39 is 17.8 Å². The minimum atomic E-state index is -1.06. The van der Waals surface area contributed by atoms with Crippen LogP contribution in [0.3, 0.4) is 0 Å². The Morgan fingerprint density at radius 2 is 1.94 bits per heavy atom. The summed E-state index contributed by atoms with van der Waals surface area (Å²) in [5.74, 6) is -1.69. The van der Waals surface area contributed by atoms with E-state index in [2.05, 4.69) is 17.9 Å². The lowest BCUT2D eigenvalue weighted by atomic mass is 10.1. The first-order valence-corrected chi connectivity index (χ1v) is 5.53. The van der Waals surface area contributed by atoms with Crippen LogP contribution >= 0.6 is 12.6 Å². The summed E-state index contributed by atoms with van der Waals surface area (Å²) in [5.41, 5.74) is 0.335. The van der Waals surface area contributed by atoms with Gasteiger partial charge in [-0.05, 0) is 24.3 Å². The van der Waals surface area contributed by atoms with Crippen LogP contribution in [-0.4, -0.2) is 35.2 Å². The molecule has 92 valence electrons. The second-order valence-corrected chi connectivity index (χ2v) is 3.75. The molecule has 6 heteroatoms. The van der Waals surface area contributed by atoms with E-state index in [9.17, 15) is 14.0 Å².